The van der Waals surface area contributed by atoms with Gasteiger partial charge in [-0.1, -0.05) is 6.07 Å². The Balaban J connectivity index is 1.78. The highest BCUT2D eigenvalue weighted by atomic mass is 32.2. The Kier molecular flexibility index (Phi) is 4.90. The van der Waals surface area contributed by atoms with Crippen LogP contribution in [0.3, 0.4) is 0 Å². The summed E-state index contributed by atoms with van der Waals surface area (Å²) >= 11 is 3.60. The van der Waals surface area contributed by atoms with Crippen molar-refractivity contribution >= 4 is 45.4 Å². The van der Waals surface area contributed by atoms with Gasteiger partial charge in [-0.05, 0) is 58.8 Å². The Morgan fingerprint density at radius 1 is 1.21 bits per heavy atom. The van der Waals surface area contributed by atoms with Gasteiger partial charge in [-0.15, -0.1) is 21.5 Å². The van der Waals surface area contributed by atoms with E-state index in [1.165, 1.54) is 29.7 Å². The van der Waals surface area contributed by atoms with E-state index in [2.05, 4.69) is 15.2 Å². The number of thiophene rings is 1. The van der Waals surface area contributed by atoms with Crippen LogP contribution in [-0.4, -0.2) is 35.7 Å². The molecule has 0 aliphatic heterocycles. The summed E-state index contributed by atoms with van der Waals surface area (Å²) in [7, 11) is 0. The van der Waals surface area contributed by atoms with Gasteiger partial charge in [0.2, 0.25) is 5.16 Å². The Labute approximate surface area is 169 Å². The minimum atomic E-state index is -1.02. The third-order valence-corrected chi connectivity index (χ3v) is 6.41. The normalized spacial score (nSPS) is 10.9. The van der Waals surface area contributed by atoms with Crippen LogP contribution in [0.5, 0.6) is 0 Å². The predicted molar refractivity (Wildman–Crippen MR) is 105 cm³/mol. The lowest BCUT2D eigenvalue weighted by Gasteiger charge is -2.09. The molecule has 0 saturated heterocycles. The summed E-state index contributed by atoms with van der Waals surface area (Å²) in [6.07, 6.45) is 1.20. The second-order valence-corrected chi connectivity index (χ2v) is 8.47. The topological polar surface area (TPSA) is 124 Å². The molecular weight excluding hydrogens is 422 g/mol. The number of carbonyl (C=O) groups is 1. The lowest BCUT2D eigenvalue weighted by molar-refractivity contribution is -0.380. The quantitative estimate of drug-likeness (QED) is 0.356. The number of nitrogens with zero attached hydrogens (tertiary/aromatic N) is 5. The van der Waals surface area contributed by atoms with E-state index in [1.807, 2.05) is 17.5 Å². The van der Waals surface area contributed by atoms with Crippen LogP contribution in [0.25, 0.3) is 16.4 Å². The van der Waals surface area contributed by atoms with Crippen LogP contribution in [0, 0.1) is 10.1 Å². The number of rotatable bonds is 6. The molecule has 0 radical (unpaired) electrons. The maximum absolute atomic E-state index is 11.1. The van der Waals surface area contributed by atoms with Crippen molar-refractivity contribution in [2.24, 2.45) is 0 Å². The number of nitro groups is 1. The molecule has 3 aromatic heterocycles. The number of aromatic nitrogens is 4. The van der Waals surface area contributed by atoms with Gasteiger partial charge in [0, 0.05) is 5.69 Å². The molecule has 3 heterocycles. The molecule has 0 saturated carbocycles. The van der Waals surface area contributed by atoms with Crippen LogP contribution >= 0.6 is 34.4 Å². The summed E-state index contributed by atoms with van der Waals surface area (Å²) in [5, 5.41) is 30.8. The second kappa shape index (κ2) is 7.50. The maximum Gasteiger partial charge on any atom is 0.344 e. The summed E-state index contributed by atoms with van der Waals surface area (Å²) in [5.74, 6) is -0.426. The van der Waals surface area contributed by atoms with E-state index in [-0.39, 0.29) is 10.6 Å². The molecule has 0 unspecified atom stereocenters. The van der Waals surface area contributed by atoms with E-state index in [0.717, 1.165) is 28.0 Å². The number of benzene rings is 1. The van der Waals surface area contributed by atoms with Crippen LogP contribution in [0.2, 0.25) is 0 Å². The molecule has 12 heteroatoms. The summed E-state index contributed by atoms with van der Waals surface area (Å²) in [6.45, 7) is 0. The van der Waals surface area contributed by atoms with Crippen molar-refractivity contribution in [3.8, 4) is 16.4 Å². The first kappa shape index (κ1) is 18.3. The number of thiazole rings is 1. The van der Waals surface area contributed by atoms with Crippen molar-refractivity contribution in [2.45, 2.75) is 9.50 Å². The Hall–Kier alpha value is -3.09. The summed E-state index contributed by atoms with van der Waals surface area (Å²) in [5.41, 5.74) is 0.839. The van der Waals surface area contributed by atoms with Gasteiger partial charge in [0.25, 0.3) is 0 Å². The summed E-state index contributed by atoms with van der Waals surface area (Å²) < 4.78 is 2.23. The first-order valence-electron chi connectivity index (χ1n) is 7.64. The highest BCUT2D eigenvalue weighted by molar-refractivity contribution is 8.01. The minimum Gasteiger partial charge on any atom is -0.478 e. The van der Waals surface area contributed by atoms with Crippen molar-refractivity contribution in [3.63, 3.8) is 0 Å². The molecule has 4 aromatic rings. The summed E-state index contributed by atoms with van der Waals surface area (Å²) in [6, 6.07) is 10.1. The molecule has 9 nitrogen and oxygen atoms in total. The zero-order valence-corrected chi connectivity index (χ0v) is 16.2. The monoisotopic (exact) mass is 431 g/mol. The fraction of sp³-hybridized carbons (Fsp3) is 0. The average Bonchev–Trinajstić information content (AvgIpc) is 3.42. The van der Waals surface area contributed by atoms with Crippen LogP contribution < -0.4 is 0 Å². The highest BCUT2D eigenvalue weighted by Crippen LogP contribution is 2.37. The van der Waals surface area contributed by atoms with Gasteiger partial charge in [0.05, 0.1) is 15.4 Å². The van der Waals surface area contributed by atoms with Crippen LogP contribution in [0.15, 0.2) is 57.5 Å². The average molecular weight is 431 g/mol. The third-order valence-electron chi connectivity index (χ3n) is 3.58. The smallest absolute Gasteiger partial charge is 0.344 e. The molecular formula is C16H9N5O4S3. The zero-order valence-electron chi connectivity index (χ0n) is 13.8. The van der Waals surface area contributed by atoms with E-state index in [9.17, 15) is 14.9 Å². The molecule has 0 spiro atoms. The van der Waals surface area contributed by atoms with Crippen LogP contribution in [-0.2, 0) is 0 Å². The number of carboxylic acids is 1. The predicted octanol–water partition coefficient (Wildman–Crippen LogP) is 4.21. The minimum absolute atomic E-state index is 0.0575. The van der Waals surface area contributed by atoms with Gasteiger partial charge in [-0.3, -0.25) is 14.7 Å². The number of carboxylic acid groups (broad SMARTS) is 1. The van der Waals surface area contributed by atoms with Gasteiger partial charge in [-0.2, -0.15) is 0 Å². The van der Waals surface area contributed by atoms with Crippen molar-refractivity contribution < 1.29 is 14.8 Å². The van der Waals surface area contributed by atoms with E-state index in [0.29, 0.717) is 21.0 Å². The molecule has 1 aromatic carbocycles. The lowest BCUT2D eigenvalue weighted by atomic mass is 10.2. The number of aromatic carboxylic acids is 1. The lowest BCUT2D eigenvalue weighted by Crippen LogP contribution is -2.01. The van der Waals surface area contributed by atoms with Crippen molar-refractivity contribution in [1.29, 1.82) is 0 Å². The highest BCUT2D eigenvalue weighted by Gasteiger charge is 2.20. The molecule has 0 bridgehead atoms. The standard InChI is InChI=1S/C16H9N5O4S3/c22-14(23)9-3-5-10(6-4-9)20-13(11-2-1-7-26-11)18-19-15(20)28-16-17-8-12(27-16)21(24)25/h1-8H,(H,22,23). The van der Waals surface area contributed by atoms with E-state index >= 15 is 0 Å². The van der Waals surface area contributed by atoms with Crippen molar-refractivity contribution in [2.75, 3.05) is 0 Å². The van der Waals surface area contributed by atoms with E-state index < -0.39 is 10.9 Å². The van der Waals surface area contributed by atoms with Gasteiger partial charge >= 0.3 is 11.0 Å². The first-order valence-corrected chi connectivity index (χ1v) is 10.2. The fourth-order valence-corrected chi connectivity index (χ4v) is 4.78. The van der Waals surface area contributed by atoms with E-state index in [4.69, 9.17) is 5.11 Å². The Morgan fingerprint density at radius 3 is 2.61 bits per heavy atom. The molecule has 0 amide bonds. The van der Waals surface area contributed by atoms with Crippen LogP contribution in [0.4, 0.5) is 5.00 Å². The van der Waals surface area contributed by atoms with Gasteiger partial charge in [0.1, 0.15) is 6.20 Å². The second-order valence-electron chi connectivity index (χ2n) is 5.29. The fourth-order valence-electron chi connectivity index (χ4n) is 2.35. The number of hydrogen-bond donors (Lipinski definition) is 1. The molecule has 0 atom stereocenters. The largest absolute Gasteiger partial charge is 0.478 e. The number of hydrogen-bond acceptors (Lipinski definition) is 9. The molecule has 140 valence electrons. The van der Waals surface area contributed by atoms with Gasteiger partial charge < -0.3 is 5.11 Å². The molecule has 28 heavy (non-hydrogen) atoms. The molecule has 1 N–H and O–H groups in total. The van der Waals surface area contributed by atoms with Crippen LogP contribution in [0.1, 0.15) is 10.4 Å². The van der Waals surface area contributed by atoms with Crippen molar-refractivity contribution in [1.82, 2.24) is 19.7 Å². The summed E-state index contributed by atoms with van der Waals surface area (Å²) in [4.78, 5) is 26.5. The van der Waals surface area contributed by atoms with Gasteiger partial charge in [0.15, 0.2) is 10.2 Å². The SMILES string of the molecule is O=C(O)c1ccc(-n2c(Sc3ncc([N+](=O)[O-])s3)nnc2-c2cccs2)cc1. The zero-order chi connectivity index (χ0) is 19.7. The molecule has 0 aliphatic rings. The third kappa shape index (κ3) is 3.52. The van der Waals surface area contributed by atoms with Gasteiger partial charge in [-0.25, -0.2) is 9.78 Å². The maximum atomic E-state index is 11.1. The Bertz CT molecular complexity index is 1150. The Morgan fingerprint density at radius 2 is 2.00 bits per heavy atom. The van der Waals surface area contributed by atoms with E-state index in [1.54, 1.807) is 16.7 Å². The first-order chi connectivity index (χ1) is 13.5. The van der Waals surface area contributed by atoms with Crippen molar-refractivity contribution in [3.05, 3.63) is 63.7 Å². The molecule has 0 aliphatic carbocycles. The molecule has 4 rings (SSSR count). The molecule has 0 fully saturated rings.